The number of aryl methyl sites for hydroxylation is 1. The summed E-state index contributed by atoms with van der Waals surface area (Å²) in [6.45, 7) is 8.59. The molecule has 7 aliphatic heterocycles. The van der Waals surface area contributed by atoms with Gasteiger partial charge in [0.25, 0.3) is 5.91 Å². The predicted molar refractivity (Wildman–Crippen MR) is 272 cm³/mol. The van der Waals surface area contributed by atoms with Gasteiger partial charge < -0.3 is 39.5 Å². The van der Waals surface area contributed by atoms with Gasteiger partial charge in [0.05, 0.1) is 29.8 Å². The molecular weight excluding hydrogens is 954 g/mol. The molecule has 16 nitrogen and oxygen atoms in total. The first kappa shape index (κ1) is 48.8. The zero-order chi connectivity index (χ0) is 50.9. The third-order valence-electron chi connectivity index (χ3n) is 17.0. The molecule has 3 amide bonds. The Bertz CT molecular complexity index is 3030. The number of anilines is 2. The fraction of sp³-hybridized carbons (Fsp3) is 0.527. The summed E-state index contributed by atoms with van der Waals surface area (Å²) in [7, 11) is 2.07. The lowest BCUT2D eigenvalue weighted by molar-refractivity contribution is -0.136. The van der Waals surface area contributed by atoms with Crippen molar-refractivity contribution in [1.82, 2.24) is 40.3 Å². The van der Waals surface area contributed by atoms with Crippen molar-refractivity contribution in [3.8, 4) is 23.0 Å². The molecule has 2 aromatic heterocycles. The van der Waals surface area contributed by atoms with Crippen molar-refractivity contribution in [1.29, 1.82) is 0 Å². The number of piperazine rings is 1. The Morgan fingerprint density at radius 2 is 1.62 bits per heavy atom. The molecule has 19 heteroatoms. The Morgan fingerprint density at radius 3 is 2.38 bits per heavy atom. The molecule has 0 spiro atoms. The Balaban J connectivity index is 0.660. The van der Waals surface area contributed by atoms with Crippen LogP contribution in [0.4, 0.5) is 24.7 Å². The molecule has 6 fully saturated rings. The molecule has 12 rings (SSSR count). The molecule has 6 saturated heterocycles. The van der Waals surface area contributed by atoms with Crippen LogP contribution in [0.15, 0.2) is 42.6 Å². The highest BCUT2D eigenvalue weighted by Gasteiger charge is 2.42. The normalized spacial score (nSPS) is 25.2. The summed E-state index contributed by atoms with van der Waals surface area (Å²) in [5.41, 5.74) is 1.82. The molecule has 5 aromatic rings. The largest absolute Gasteiger partial charge is 0.508 e. The van der Waals surface area contributed by atoms with Gasteiger partial charge in [-0.05, 0) is 117 Å². The lowest BCUT2D eigenvalue weighted by atomic mass is 9.94. The number of halogens is 3. The Labute approximate surface area is 427 Å². The topological polar surface area (TPSA) is 169 Å². The number of hydrogen-bond donors (Lipinski definition) is 3. The molecular formula is C55H63F3N10O6. The average molecular weight is 1020 g/mol. The van der Waals surface area contributed by atoms with E-state index in [-0.39, 0.29) is 90.2 Å². The number of pyridine rings is 1. The predicted octanol–water partition coefficient (Wildman–Crippen LogP) is 6.08. The minimum atomic E-state index is -0.784. The number of ether oxygens (including phenoxy) is 2. The fourth-order valence-corrected chi connectivity index (χ4v) is 13.1. The third kappa shape index (κ3) is 9.16. The maximum atomic E-state index is 17.2. The van der Waals surface area contributed by atoms with Crippen LogP contribution in [-0.2, 0) is 27.3 Å². The molecule has 2 bridgehead atoms. The Hall–Kier alpha value is -6.15. The van der Waals surface area contributed by atoms with Crippen molar-refractivity contribution < 1.29 is 42.1 Å². The lowest BCUT2D eigenvalue weighted by Gasteiger charge is -2.38. The zero-order valence-electron chi connectivity index (χ0n) is 41.9. The van der Waals surface area contributed by atoms with Crippen molar-refractivity contribution in [2.45, 2.75) is 114 Å². The van der Waals surface area contributed by atoms with Gasteiger partial charge in [0, 0.05) is 99.8 Å². The van der Waals surface area contributed by atoms with E-state index in [1.54, 1.807) is 30.5 Å². The molecule has 3 N–H and O–H groups in total. The summed E-state index contributed by atoms with van der Waals surface area (Å²) in [5, 5.41) is 18.3. The Kier molecular flexibility index (Phi) is 13.1. The van der Waals surface area contributed by atoms with E-state index < -0.39 is 29.4 Å². The summed E-state index contributed by atoms with van der Waals surface area (Å²) in [6.07, 6.45) is 9.11. The molecule has 0 aliphatic carbocycles. The maximum absolute atomic E-state index is 17.2. The first-order valence-electron chi connectivity index (χ1n) is 26.6. The number of likely N-dealkylation sites (N-methyl/N-ethyl adjacent to an activating group) is 1. The van der Waals surface area contributed by atoms with Crippen LogP contribution in [-0.4, -0.2) is 155 Å². The number of benzene rings is 3. The van der Waals surface area contributed by atoms with Gasteiger partial charge in [0.2, 0.25) is 11.8 Å². The van der Waals surface area contributed by atoms with Crippen LogP contribution in [0.1, 0.15) is 86.2 Å². The molecule has 5 atom stereocenters. The number of amides is 3. The van der Waals surface area contributed by atoms with Crippen molar-refractivity contribution >= 4 is 50.9 Å². The minimum Gasteiger partial charge on any atom is -0.508 e. The SMILES string of the molecule is CCc1c(F)ccc2cc(O)cc(-c3ncc4c(N5CC6CCC(C5)N6)nc(OC[C@@H]5C[C@@H](OC6CCN(CC7CCN(c8ccc9c(c8F)CN(C8CCC(=O)NC8=O)C9=O)CC7)CC6)CN5C)nc4c3F)c12. The number of nitrogens with zero attached hydrogens (tertiary/aromatic N) is 8. The van der Waals surface area contributed by atoms with Crippen molar-refractivity contribution in [3.05, 3.63) is 76.7 Å². The van der Waals surface area contributed by atoms with Crippen LogP contribution in [0.5, 0.6) is 11.8 Å². The average Bonchev–Trinajstić information content (AvgIpc) is 4.05. The number of aromatic hydroxyl groups is 1. The zero-order valence-corrected chi connectivity index (χ0v) is 41.9. The summed E-state index contributed by atoms with van der Waals surface area (Å²) in [4.78, 5) is 62.1. The van der Waals surface area contributed by atoms with Gasteiger partial charge in [-0.15, -0.1) is 0 Å². The number of phenols is 1. The minimum absolute atomic E-state index is 0.0149. The highest BCUT2D eigenvalue weighted by Crippen LogP contribution is 2.41. The number of likely N-dealkylation sites (tertiary alicyclic amines) is 2. The van der Waals surface area contributed by atoms with Gasteiger partial charge in [-0.25, -0.2) is 13.2 Å². The maximum Gasteiger partial charge on any atom is 0.319 e. The number of carbonyl (C=O) groups excluding carboxylic acids is 3. The number of hydrogen-bond acceptors (Lipinski definition) is 14. The van der Waals surface area contributed by atoms with Gasteiger partial charge in [-0.2, -0.15) is 9.97 Å². The number of piperidine rings is 3. The van der Waals surface area contributed by atoms with Gasteiger partial charge >= 0.3 is 6.01 Å². The Morgan fingerprint density at radius 1 is 0.838 bits per heavy atom. The molecule has 0 saturated carbocycles. The van der Waals surface area contributed by atoms with Crippen molar-refractivity contribution in [2.24, 2.45) is 5.92 Å². The number of rotatable bonds is 12. The van der Waals surface area contributed by atoms with Crippen molar-refractivity contribution in [2.75, 3.05) is 75.8 Å². The summed E-state index contributed by atoms with van der Waals surface area (Å²) < 4.78 is 61.6. The summed E-state index contributed by atoms with van der Waals surface area (Å²) in [6, 6.07) is 9.19. The summed E-state index contributed by atoms with van der Waals surface area (Å²) >= 11 is 0. The van der Waals surface area contributed by atoms with Gasteiger partial charge in [0.15, 0.2) is 11.6 Å². The van der Waals surface area contributed by atoms with Crippen LogP contribution in [0, 0.1) is 23.4 Å². The molecule has 9 heterocycles. The number of aromatic nitrogens is 3. The van der Waals surface area contributed by atoms with Gasteiger partial charge in [-0.1, -0.05) is 13.0 Å². The van der Waals surface area contributed by atoms with E-state index >= 15 is 13.2 Å². The van der Waals surface area contributed by atoms with E-state index in [9.17, 15) is 19.5 Å². The number of fused-ring (bicyclic) bond motifs is 5. The molecule has 7 aliphatic rings. The van der Waals surface area contributed by atoms with Crippen LogP contribution in [0.25, 0.3) is 32.9 Å². The van der Waals surface area contributed by atoms with Crippen molar-refractivity contribution in [3.63, 3.8) is 0 Å². The quantitative estimate of drug-likeness (QED) is 0.123. The van der Waals surface area contributed by atoms with Gasteiger partial charge in [0.1, 0.15) is 41.2 Å². The lowest BCUT2D eigenvalue weighted by Crippen LogP contribution is -2.52. The van der Waals surface area contributed by atoms with Crippen LogP contribution in [0.3, 0.4) is 0 Å². The van der Waals surface area contributed by atoms with E-state index in [1.165, 1.54) is 17.0 Å². The molecule has 74 heavy (non-hydrogen) atoms. The highest BCUT2D eigenvalue weighted by molar-refractivity contribution is 6.06. The highest BCUT2D eigenvalue weighted by atomic mass is 19.1. The number of imide groups is 1. The van der Waals surface area contributed by atoms with E-state index in [4.69, 9.17) is 19.4 Å². The number of phenolic OH excluding ortho intramolecular Hbond substituents is 1. The van der Waals surface area contributed by atoms with Crippen LogP contribution >= 0.6 is 0 Å². The van der Waals surface area contributed by atoms with Gasteiger partial charge in [-0.3, -0.25) is 29.6 Å². The van der Waals surface area contributed by atoms with E-state index in [0.717, 1.165) is 71.1 Å². The van der Waals surface area contributed by atoms with Crippen LogP contribution < -0.4 is 25.2 Å². The second-order valence-corrected chi connectivity index (χ2v) is 21.7. The fourth-order valence-electron chi connectivity index (χ4n) is 13.1. The molecule has 3 aromatic carbocycles. The van der Waals surface area contributed by atoms with E-state index in [2.05, 4.69) is 42.3 Å². The molecule has 0 radical (unpaired) electrons. The summed E-state index contributed by atoms with van der Waals surface area (Å²) in [5.74, 6) is -1.77. The smallest absolute Gasteiger partial charge is 0.319 e. The monoisotopic (exact) mass is 1020 g/mol. The standard InChI is InChI=1S/C55H63F3N10O6/c1-3-38-43(56)8-4-31-20-35(69)22-40(47(31)38)50-49(58)51-41(23-59-50)52(67-25-32-5-6-33(26-67)60-32)63-55(62-51)73-29-34-21-37(27-64(34)2)74-36-14-16-65(17-15-36)24-30-12-18-66(19-13-30)44-9-7-39-42(48(44)57)28-68(54(39)72)45-10-11-46(70)61-53(45)71/h4,7-9,20,22-23,30,32-34,36-37,45,60,69H,3,5-6,10-19,21,24-29H2,1-2H3,(H,61,70,71)/t32?,33?,34-,37+,45?/m0/s1. The van der Waals surface area contributed by atoms with E-state index in [1.807, 2.05) is 6.92 Å². The number of carbonyl (C=O) groups is 3. The molecule has 3 unspecified atom stereocenters. The second kappa shape index (κ2) is 19.8. The van der Waals surface area contributed by atoms with Crippen LogP contribution in [0.2, 0.25) is 0 Å². The van der Waals surface area contributed by atoms with E-state index in [0.29, 0.717) is 89.4 Å². The third-order valence-corrected chi connectivity index (χ3v) is 17.0. The second-order valence-electron chi connectivity index (χ2n) is 21.7. The number of nitrogens with one attached hydrogen (secondary N) is 2. The molecule has 390 valence electrons. The first-order chi connectivity index (χ1) is 35.8. The first-order valence-corrected chi connectivity index (χ1v) is 26.6.